The van der Waals surface area contributed by atoms with Gasteiger partial charge in [0.2, 0.25) is 5.95 Å². The number of hydrogen-bond acceptors (Lipinski definition) is 7. The van der Waals surface area contributed by atoms with Crippen LogP contribution >= 0.6 is 11.6 Å². The third-order valence-electron chi connectivity index (χ3n) is 5.10. The maximum Gasteiger partial charge on any atom is 0.321 e. The van der Waals surface area contributed by atoms with E-state index in [-0.39, 0.29) is 6.01 Å². The van der Waals surface area contributed by atoms with Crippen LogP contribution in [0.15, 0.2) is 54.9 Å². The van der Waals surface area contributed by atoms with E-state index in [1.807, 2.05) is 54.9 Å². The number of fused-ring (bicyclic) bond motifs is 1. The van der Waals surface area contributed by atoms with Crippen LogP contribution in [0.4, 0.5) is 21.8 Å². The maximum absolute atomic E-state index is 14.8. The van der Waals surface area contributed by atoms with Crippen LogP contribution in [0, 0.1) is 12.7 Å². The molecule has 0 radical (unpaired) electrons. The number of benzene rings is 2. The largest absolute Gasteiger partial charge is 0.424 e. The molecule has 3 N–H and O–H groups in total. The second-order valence-corrected chi connectivity index (χ2v) is 8.10. The molecule has 5 aromatic rings. The Bertz CT molecular complexity index is 1450. The number of ether oxygens (including phenoxy) is 1. The minimum atomic E-state index is -0.415. The van der Waals surface area contributed by atoms with E-state index in [2.05, 4.69) is 35.8 Å². The number of aryl methyl sites for hydroxylation is 2. The quantitative estimate of drug-likeness (QED) is 0.290. The Morgan fingerprint density at radius 2 is 1.88 bits per heavy atom. The predicted octanol–water partition coefficient (Wildman–Crippen LogP) is 5.34. The van der Waals surface area contributed by atoms with Gasteiger partial charge in [0.15, 0.2) is 11.6 Å². The topological polar surface area (TPSA) is 106 Å². The number of rotatable bonds is 7. The summed E-state index contributed by atoms with van der Waals surface area (Å²) in [6, 6.07) is 12.8. The Kier molecular flexibility index (Phi) is 5.72. The monoisotopic (exact) mass is 478 g/mol. The molecule has 0 atom stereocenters. The van der Waals surface area contributed by atoms with E-state index in [0.717, 1.165) is 11.3 Å². The van der Waals surface area contributed by atoms with Crippen LogP contribution in [0.3, 0.4) is 0 Å². The molecule has 0 aliphatic carbocycles. The van der Waals surface area contributed by atoms with E-state index in [1.165, 1.54) is 18.5 Å². The molecule has 11 heteroatoms. The van der Waals surface area contributed by atoms with Gasteiger partial charge in [-0.05, 0) is 36.8 Å². The SMILES string of the molecule is Cc1cc(Nc2cc(F)c3nc(NCc4ccc(Oc5ncc(Cl)cn5)cc4)n(C)c3c2)n[nH]1. The highest BCUT2D eigenvalue weighted by Crippen LogP contribution is 2.27. The van der Waals surface area contributed by atoms with Gasteiger partial charge in [-0.15, -0.1) is 0 Å². The molecular formula is C23H20ClFN8O. The van der Waals surface area contributed by atoms with E-state index in [4.69, 9.17) is 16.3 Å². The lowest BCUT2D eigenvalue weighted by Gasteiger charge is -2.08. The molecule has 0 amide bonds. The van der Waals surface area contributed by atoms with Crippen molar-refractivity contribution in [2.75, 3.05) is 10.6 Å². The Balaban J connectivity index is 1.28. The zero-order chi connectivity index (χ0) is 23.7. The second-order valence-electron chi connectivity index (χ2n) is 7.66. The summed E-state index contributed by atoms with van der Waals surface area (Å²) in [5.74, 6) is 1.35. The van der Waals surface area contributed by atoms with Crippen LogP contribution in [0.1, 0.15) is 11.3 Å². The number of imidazole rings is 1. The molecule has 5 rings (SSSR count). The van der Waals surface area contributed by atoms with Crippen LogP contribution in [0.2, 0.25) is 5.02 Å². The molecule has 0 aliphatic heterocycles. The summed E-state index contributed by atoms with van der Waals surface area (Å²) in [6.45, 7) is 2.39. The number of H-pyrrole nitrogens is 1. The summed E-state index contributed by atoms with van der Waals surface area (Å²) in [7, 11) is 1.84. The average Bonchev–Trinajstić information content (AvgIpc) is 3.38. The highest BCUT2D eigenvalue weighted by atomic mass is 35.5. The van der Waals surface area contributed by atoms with E-state index >= 15 is 0 Å². The Morgan fingerprint density at radius 1 is 1.12 bits per heavy atom. The number of aromatic nitrogens is 6. The fraction of sp³-hybridized carbons (Fsp3) is 0.130. The maximum atomic E-state index is 14.8. The first-order chi connectivity index (χ1) is 16.4. The molecule has 0 unspecified atom stereocenters. The molecule has 172 valence electrons. The van der Waals surface area contributed by atoms with Gasteiger partial charge in [-0.2, -0.15) is 5.10 Å². The number of nitrogens with zero attached hydrogens (tertiary/aromatic N) is 5. The Labute approximate surface area is 199 Å². The van der Waals surface area contributed by atoms with Crippen molar-refractivity contribution in [3.05, 3.63) is 77.0 Å². The first-order valence-electron chi connectivity index (χ1n) is 10.4. The second kappa shape index (κ2) is 8.99. The molecular weight excluding hydrogens is 459 g/mol. The van der Waals surface area contributed by atoms with Crippen molar-refractivity contribution in [1.29, 1.82) is 0 Å². The number of halogens is 2. The molecule has 3 heterocycles. The number of hydrogen-bond donors (Lipinski definition) is 3. The molecule has 0 fully saturated rings. The highest BCUT2D eigenvalue weighted by molar-refractivity contribution is 6.30. The number of aromatic amines is 1. The van der Waals surface area contributed by atoms with Crippen LogP contribution in [0.5, 0.6) is 11.8 Å². The van der Waals surface area contributed by atoms with Crippen molar-refractivity contribution in [3.63, 3.8) is 0 Å². The zero-order valence-electron chi connectivity index (χ0n) is 18.3. The third kappa shape index (κ3) is 4.62. The summed E-state index contributed by atoms with van der Waals surface area (Å²) < 4.78 is 22.2. The van der Waals surface area contributed by atoms with Crippen LogP contribution < -0.4 is 15.4 Å². The van der Waals surface area contributed by atoms with Crippen molar-refractivity contribution >= 4 is 40.1 Å². The molecule has 0 saturated carbocycles. The molecule has 0 aliphatic rings. The summed E-state index contributed by atoms with van der Waals surface area (Å²) in [6.07, 6.45) is 2.94. The minimum absolute atomic E-state index is 0.216. The van der Waals surface area contributed by atoms with Crippen LogP contribution in [-0.2, 0) is 13.6 Å². The van der Waals surface area contributed by atoms with Gasteiger partial charge in [-0.3, -0.25) is 5.10 Å². The molecule has 0 saturated heterocycles. The normalized spacial score (nSPS) is 11.1. The fourth-order valence-electron chi connectivity index (χ4n) is 3.42. The first-order valence-corrected chi connectivity index (χ1v) is 10.8. The van der Waals surface area contributed by atoms with Crippen LogP contribution in [0.25, 0.3) is 11.0 Å². The highest BCUT2D eigenvalue weighted by Gasteiger charge is 2.14. The minimum Gasteiger partial charge on any atom is -0.424 e. The van der Waals surface area contributed by atoms with Gasteiger partial charge in [-0.25, -0.2) is 19.3 Å². The summed E-state index contributed by atoms with van der Waals surface area (Å²) in [5.41, 5.74) is 3.44. The van der Waals surface area contributed by atoms with Crippen molar-refractivity contribution in [1.82, 2.24) is 29.7 Å². The number of anilines is 3. The van der Waals surface area contributed by atoms with Gasteiger partial charge < -0.3 is 19.9 Å². The molecule has 9 nitrogen and oxygen atoms in total. The summed E-state index contributed by atoms with van der Waals surface area (Å²) in [5, 5.41) is 13.8. The third-order valence-corrected chi connectivity index (χ3v) is 5.29. The first kappa shape index (κ1) is 21.7. The smallest absolute Gasteiger partial charge is 0.321 e. The molecule has 3 aromatic heterocycles. The van der Waals surface area contributed by atoms with Gasteiger partial charge in [-0.1, -0.05) is 23.7 Å². The standard InChI is InChI=1S/C23H20ClFN8O/c1-13-7-20(32-31-13)29-16-8-18(25)21-19(9-16)33(2)22(30-21)26-10-14-3-5-17(6-4-14)34-23-27-11-15(24)12-28-23/h3-9,11-12H,10H2,1-2H3,(H,26,30)(H2,29,31,32). The van der Waals surface area contributed by atoms with E-state index in [0.29, 0.717) is 45.8 Å². The van der Waals surface area contributed by atoms with E-state index in [9.17, 15) is 4.39 Å². The van der Waals surface area contributed by atoms with E-state index in [1.54, 1.807) is 0 Å². The lowest BCUT2D eigenvalue weighted by Crippen LogP contribution is -2.05. The molecule has 0 bridgehead atoms. The van der Waals surface area contributed by atoms with Gasteiger partial charge in [0, 0.05) is 31.0 Å². The van der Waals surface area contributed by atoms with Crippen molar-refractivity contribution in [3.8, 4) is 11.8 Å². The number of nitrogens with one attached hydrogen (secondary N) is 3. The average molecular weight is 479 g/mol. The predicted molar refractivity (Wildman–Crippen MR) is 128 cm³/mol. The molecule has 0 spiro atoms. The lowest BCUT2D eigenvalue weighted by molar-refractivity contribution is 0.441. The molecule has 34 heavy (non-hydrogen) atoms. The Hall–Kier alpha value is -4.18. The van der Waals surface area contributed by atoms with Gasteiger partial charge in [0.25, 0.3) is 0 Å². The summed E-state index contributed by atoms with van der Waals surface area (Å²) in [4.78, 5) is 12.5. The van der Waals surface area contributed by atoms with Crippen molar-refractivity contribution in [2.45, 2.75) is 13.5 Å². The summed E-state index contributed by atoms with van der Waals surface area (Å²) >= 11 is 5.79. The molecule has 2 aromatic carbocycles. The lowest BCUT2D eigenvalue weighted by atomic mass is 10.2. The van der Waals surface area contributed by atoms with Gasteiger partial charge in [0.1, 0.15) is 11.3 Å². The van der Waals surface area contributed by atoms with E-state index < -0.39 is 5.82 Å². The van der Waals surface area contributed by atoms with Crippen LogP contribution in [-0.4, -0.2) is 29.7 Å². The Morgan fingerprint density at radius 3 is 2.59 bits per heavy atom. The fourth-order valence-corrected chi connectivity index (χ4v) is 3.52. The van der Waals surface area contributed by atoms with Gasteiger partial charge in [0.05, 0.1) is 22.9 Å². The zero-order valence-corrected chi connectivity index (χ0v) is 19.1. The van der Waals surface area contributed by atoms with Crippen molar-refractivity contribution < 1.29 is 9.13 Å². The van der Waals surface area contributed by atoms with Gasteiger partial charge >= 0.3 is 6.01 Å². The van der Waals surface area contributed by atoms with Crippen molar-refractivity contribution in [2.24, 2.45) is 7.05 Å².